The molecule has 1 aliphatic carbocycles. The van der Waals surface area contributed by atoms with Gasteiger partial charge in [-0.1, -0.05) is 6.07 Å². The minimum atomic E-state index is 0.949. The Bertz CT molecular complexity index is 813. The molecule has 0 spiro atoms. The van der Waals surface area contributed by atoms with Crippen molar-refractivity contribution in [2.45, 2.75) is 18.7 Å². The van der Waals surface area contributed by atoms with Crippen molar-refractivity contribution in [2.75, 3.05) is 19.3 Å². The van der Waals surface area contributed by atoms with E-state index in [1.54, 1.807) is 11.8 Å². The number of hydrogen-bond donors (Lipinski definition) is 0. The van der Waals surface area contributed by atoms with Gasteiger partial charge in [0.25, 0.3) is 0 Å². The molecule has 21 heavy (non-hydrogen) atoms. The van der Waals surface area contributed by atoms with E-state index in [4.69, 9.17) is 4.42 Å². The van der Waals surface area contributed by atoms with Gasteiger partial charge in [-0.05, 0) is 44.4 Å². The van der Waals surface area contributed by atoms with E-state index in [-0.39, 0.29) is 0 Å². The second-order valence-electron chi connectivity index (χ2n) is 5.04. The Balaban J connectivity index is 2.28. The lowest BCUT2D eigenvalue weighted by Gasteiger charge is -2.07. The summed E-state index contributed by atoms with van der Waals surface area (Å²) >= 11 is 1.74. The first kappa shape index (κ1) is 14.2. The highest BCUT2D eigenvalue weighted by atomic mass is 32.2. The van der Waals surface area contributed by atoms with Crippen molar-refractivity contribution < 1.29 is 4.42 Å². The van der Waals surface area contributed by atoms with E-state index < -0.39 is 0 Å². The topological polar surface area (TPSA) is 16.1 Å². The van der Waals surface area contributed by atoms with Crippen molar-refractivity contribution in [1.82, 2.24) is 4.58 Å². The molecule has 0 radical (unpaired) electrons. The average Bonchev–Trinajstić information content (AvgIpc) is 2.53. The number of fused-ring (bicyclic) bond motifs is 2. The number of nitrogens with zero attached hydrogens (tertiary/aromatic N) is 1. The van der Waals surface area contributed by atoms with Gasteiger partial charge in [0.05, 0.1) is 6.07 Å². The van der Waals surface area contributed by atoms with Crippen LogP contribution in [-0.4, -0.2) is 19.3 Å². The molecular formula is C18H20NOS+. The standard InChI is InChI=1S/C18H20NOS/c1-4-19(5-2)15-8-6-13-10-14-7-9-16(21-3)12-18(14)20-17(13)11-15/h6-12H,4-5H2,1-3H3/q+1. The molecular weight excluding hydrogens is 278 g/mol. The first-order valence-corrected chi connectivity index (χ1v) is 8.57. The molecule has 2 aliphatic rings. The molecule has 0 amide bonds. The van der Waals surface area contributed by atoms with Crippen molar-refractivity contribution in [2.24, 2.45) is 0 Å². The normalized spacial score (nSPS) is 11.2. The van der Waals surface area contributed by atoms with Gasteiger partial charge in [-0.3, -0.25) is 0 Å². The Morgan fingerprint density at radius 3 is 2.52 bits per heavy atom. The fraction of sp³-hybridized carbons (Fsp3) is 0.278. The van der Waals surface area contributed by atoms with Gasteiger partial charge >= 0.3 is 0 Å². The van der Waals surface area contributed by atoms with Crippen LogP contribution in [0.4, 0.5) is 0 Å². The summed E-state index contributed by atoms with van der Waals surface area (Å²) in [6, 6.07) is 15.0. The van der Waals surface area contributed by atoms with Gasteiger partial charge in [-0.15, -0.1) is 11.8 Å². The molecule has 1 aromatic rings. The van der Waals surface area contributed by atoms with Gasteiger partial charge in [0.1, 0.15) is 24.4 Å². The SMILES string of the molecule is CC[N+](CC)=c1ccc2cc3ccc(SC)cc3oc-2c1. The Morgan fingerprint density at radius 1 is 1.00 bits per heavy atom. The van der Waals surface area contributed by atoms with E-state index in [1.807, 2.05) is 0 Å². The Kier molecular flexibility index (Phi) is 4.02. The van der Waals surface area contributed by atoms with Crippen LogP contribution >= 0.6 is 11.8 Å². The van der Waals surface area contributed by atoms with Gasteiger partial charge < -0.3 is 4.42 Å². The maximum atomic E-state index is 6.13. The van der Waals surface area contributed by atoms with Gasteiger partial charge in [-0.2, -0.15) is 0 Å². The molecule has 0 aromatic heterocycles. The number of rotatable bonds is 3. The lowest BCUT2D eigenvalue weighted by atomic mass is 10.1. The number of thioether (sulfide) groups is 1. The molecule has 0 bridgehead atoms. The predicted octanol–water partition coefficient (Wildman–Crippen LogP) is 4.07. The van der Waals surface area contributed by atoms with Gasteiger partial charge in [0, 0.05) is 21.9 Å². The zero-order valence-corrected chi connectivity index (χ0v) is 13.5. The lowest BCUT2D eigenvalue weighted by molar-refractivity contribution is 0.604. The fourth-order valence-electron chi connectivity index (χ4n) is 2.65. The van der Waals surface area contributed by atoms with Gasteiger partial charge in [-0.25, -0.2) is 4.58 Å². The molecule has 1 heterocycles. The number of benzene rings is 2. The molecule has 3 rings (SSSR count). The fourth-order valence-corrected chi connectivity index (χ4v) is 3.08. The third kappa shape index (κ3) is 2.70. The Labute approximate surface area is 129 Å². The van der Waals surface area contributed by atoms with Crippen LogP contribution in [0.25, 0.3) is 22.3 Å². The summed E-state index contributed by atoms with van der Waals surface area (Å²) < 4.78 is 8.46. The summed E-state index contributed by atoms with van der Waals surface area (Å²) in [6.45, 7) is 6.37. The smallest absolute Gasteiger partial charge is 0.203 e. The lowest BCUT2D eigenvalue weighted by Crippen LogP contribution is -2.29. The molecule has 0 atom stereocenters. The van der Waals surface area contributed by atoms with Crippen molar-refractivity contribution in [3.05, 3.63) is 47.8 Å². The highest BCUT2D eigenvalue weighted by Crippen LogP contribution is 2.29. The minimum Gasteiger partial charge on any atom is -0.456 e. The van der Waals surface area contributed by atoms with Crippen molar-refractivity contribution >= 4 is 22.7 Å². The maximum absolute atomic E-state index is 6.13. The van der Waals surface area contributed by atoms with E-state index in [0.717, 1.165) is 35.4 Å². The summed E-state index contributed by atoms with van der Waals surface area (Å²) in [5, 5.41) is 2.37. The van der Waals surface area contributed by atoms with E-state index >= 15 is 0 Å². The van der Waals surface area contributed by atoms with Crippen LogP contribution in [0, 0.1) is 0 Å². The first-order chi connectivity index (χ1) is 10.2. The van der Waals surface area contributed by atoms with Crippen LogP contribution in [0.1, 0.15) is 13.8 Å². The molecule has 0 saturated carbocycles. The number of hydrogen-bond acceptors (Lipinski definition) is 2. The van der Waals surface area contributed by atoms with Crippen LogP contribution in [0.5, 0.6) is 0 Å². The van der Waals surface area contributed by atoms with Crippen molar-refractivity contribution in [3.8, 4) is 11.3 Å². The maximum Gasteiger partial charge on any atom is 0.203 e. The van der Waals surface area contributed by atoms with Crippen LogP contribution < -0.4 is 9.93 Å². The van der Waals surface area contributed by atoms with Gasteiger partial charge in [0.2, 0.25) is 5.36 Å². The second-order valence-corrected chi connectivity index (χ2v) is 5.92. The molecule has 2 nitrogen and oxygen atoms in total. The van der Waals surface area contributed by atoms with E-state index in [1.165, 1.54) is 10.3 Å². The van der Waals surface area contributed by atoms with E-state index in [9.17, 15) is 0 Å². The summed E-state index contributed by atoms with van der Waals surface area (Å²) in [4.78, 5) is 1.23. The molecule has 0 fully saturated rings. The summed E-state index contributed by atoms with van der Waals surface area (Å²) in [7, 11) is 0. The third-order valence-corrected chi connectivity index (χ3v) is 4.60. The first-order valence-electron chi connectivity index (χ1n) is 7.34. The molecule has 108 valence electrons. The molecule has 1 aromatic carbocycles. The quantitative estimate of drug-likeness (QED) is 0.411. The van der Waals surface area contributed by atoms with Crippen LogP contribution in [0.15, 0.2) is 51.8 Å². The Morgan fingerprint density at radius 2 is 1.81 bits per heavy atom. The molecule has 3 heteroatoms. The molecule has 0 unspecified atom stereocenters. The zero-order chi connectivity index (χ0) is 14.8. The summed E-state index contributed by atoms with van der Waals surface area (Å²) in [6.07, 6.45) is 2.08. The highest BCUT2D eigenvalue weighted by Gasteiger charge is 2.10. The molecule has 0 N–H and O–H groups in total. The van der Waals surface area contributed by atoms with E-state index in [0.29, 0.717) is 0 Å². The summed E-state index contributed by atoms with van der Waals surface area (Å²) in [5.74, 6) is 0.949. The largest absolute Gasteiger partial charge is 0.456 e. The van der Waals surface area contributed by atoms with Gasteiger partial charge in [0.15, 0.2) is 0 Å². The molecule has 1 aliphatic heterocycles. The van der Waals surface area contributed by atoms with Crippen LogP contribution in [-0.2, 0) is 0 Å². The zero-order valence-electron chi connectivity index (χ0n) is 12.7. The third-order valence-electron chi connectivity index (χ3n) is 3.88. The Hall–Kier alpha value is -1.74. The predicted molar refractivity (Wildman–Crippen MR) is 91.0 cm³/mol. The van der Waals surface area contributed by atoms with Crippen molar-refractivity contribution in [1.29, 1.82) is 0 Å². The van der Waals surface area contributed by atoms with Crippen molar-refractivity contribution in [3.63, 3.8) is 0 Å². The average molecular weight is 298 g/mol. The highest BCUT2D eigenvalue weighted by molar-refractivity contribution is 7.98. The minimum absolute atomic E-state index is 0.949. The van der Waals surface area contributed by atoms with Crippen LogP contribution in [0.2, 0.25) is 0 Å². The van der Waals surface area contributed by atoms with Crippen LogP contribution in [0.3, 0.4) is 0 Å². The molecule has 0 saturated heterocycles. The monoisotopic (exact) mass is 298 g/mol. The second kappa shape index (κ2) is 5.94. The van der Waals surface area contributed by atoms with E-state index in [2.05, 4.69) is 67.1 Å². The summed E-state index contributed by atoms with van der Waals surface area (Å²) in [5.41, 5.74) is 2.10.